The first kappa shape index (κ1) is 21.0. The minimum atomic E-state index is 0.466. The van der Waals surface area contributed by atoms with Crippen LogP contribution < -0.4 is 14.5 Å². The minimum absolute atomic E-state index is 0.466. The highest BCUT2D eigenvalue weighted by molar-refractivity contribution is 6.36. The Hall–Kier alpha value is -2.57. The molecule has 1 aromatic heterocycles. The highest BCUT2D eigenvalue weighted by atomic mass is 35.5. The molecular formula is C26H31ClN5O+. The zero-order valence-electron chi connectivity index (χ0n) is 19.6. The van der Waals surface area contributed by atoms with Gasteiger partial charge in [-0.1, -0.05) is 35.9 Å². The van der Waals surface area contributed by atoms with Crippen LogP contribution in [0.1, 0.15) is 24.1 Å². The van der Waals surface area contributed by atoms with Crippen LogP contribution in [0, 0.1) is 0 Å². The topological polar surface area (TPSA) is 41.5 Å². The van der Waals surface area contributed by atoms with E-state index >= 15 is 0 Å². The van der Waals surface area contributed by atoms with Crippen LogP contribution in [0.5, 0.6) is 6.01 Å². The molecule has 0 amide bonds. The molecule has 3 aliphatic rings. The molecule has 2 atom stereocenters. The summed E-state index contributed by atoms with van der Waals surface area (Å²) < 4.78 is 6.70. The van der Waals surface area contributed by atoms with E-state index in [4.69, 9.17) is 26.3 Å². The first-order chi connectivity index (χ1) is 16.0. The number of likely N-dealkylation sites (N-methyl/N-ethyl adjacent to an activating group) is 1. The lowest BCUT2D eigenvalue weighted by molar-refractivity contribution is -0.925. The Labute approximate surface area is 200 Å². The minimum Gasteiger partial charge on any atom is -0.467 e. The number of anilines is 2. The average Bonchev–Trinajstić information content (AvgIpc) is 2.98. The van der Waals surface area contributed by atoms with Crippen molar-refractivity contribution in [2.24, 2.45) is 0 Å². The number of aromatic nitrogens is 2. The highest BCUT2D eigenvalue weighted by Crippen LogP contribution is 2.40. The molecule has 33 heavy (non-hydrogen) atoms. The first-order valence-electron chi connectivity index (χ1n) is 11.9. The molecule has 0 spiro atoms. The standard InChI is InChI=1S/C26H31ClN5O/c1-32(2)18-10-11-19(32)15-31(14-18)25-20-12-13-30(16-22(20)28-26(29-25)33-3)23-9-5-7-17-6-4-8-21(27)24(17)23/h4-9,18-19H,10-16H2,1-3H3/q+1/t18-,19?/m1/s1. The molecule has 2 fully saturated rings. The highest BCUT2D eigenvalue weighted by Gasteiger charge is 2.49. The van der Waals surface area contributed by atoms with Crippen molar-refractivity contribution in [2.75, 3.05) is 50.6 Å². The van der Waals surface area contributed by atoms with Crippen LogP contribution >= 0.6 is 11.6 Å². The fourth-order valence-electron chi connectivity index (χ4n) is 6.19. The second-order valence-corrected chi connectivity index (χ2v) is 10.6. The summed E-state index contributed by atoms with van der Waals surface area (Å²) in [4.78, 5) is 14.6. The normalized spacial score (nSPS) is 23.6. The van der Waals surface area contributed by atoms with Crippen LogP contribution in [-0.4, -0.2) is 67.4 Å². The molecule has 2 bridgehead atoms. The second-order valence-electron chi connectivity index (χ2n) is 10.2. The van der Waals surface area contributed by atoms with E-state index in [1.807, 2.05) is 12.1 Å². The number of hydrogen-bond acceptors (Lipinski definition) is 5. The van der Waals surface area contributed by atoms with Gasteiger partial charge in [-0.3, -0.25) is 0 Å². The van der Waals surface area contributed by atoms with Crippen molar-refractivity contribution >= 4 is 33.9 Å². The molecule has 0 N–H and O–H groups in total. The number of hydrogen-bond donors (Lipinski definition) is 0. The van der Waals surface area contributed by atoms with Crippen molar-refractivity contribution in [2.45, 2.75) is 37.9 Å². The van der Waals surface area contributed by atoms with Crippen molar-refractivity contribution in [3.05, 3.63) is 52.7 Å². The number of methoxy groups -OCH3 is 1. The van der Waals surface area contributed by atoms with Gasteiger partial charge in [-0.2, -0.15) is 9.97 Å². The predicted molar refractivity (Wildman–Crippen MR) is 133 cm³/mol. The van der Waals surface area contributed by atoms with Crippen molar-refractivity contribution in [3.8, 4) is 6.01 Å². The molecule has 4 heterocycles. The van der Waals surface area contributed by atoms with Gasteiger partial charge in [0.05, 0.1) is 51.6 Å². The molecule has 6 rings (SSSR count). The summed E-state index contributed by atoms with van der Waals surface area (Å²) in [5.74, 6) is 1.09. The smallest absolute Gasteiger partial charge is 0.318 e. The van der Waals surface area contributed by atoms with Crippen molar-refractivity contribution in [1.29, 1.82) is 0 Å². The summed E-state index contributed by atoms with van der Waals surface area (Å²) in [6.07, 6.45) is 3.52. The summed E-state index contributed by atoms with van der Waals surface area (Å²) in [6.45, 7) is 3.76. The largest absolute Gasteiger partial charge is 0.467 e. The Morgan fingerprint density at radius 1 is 1.00 bits per heavy atom. The number of rotatable bonds is 3. The Morgan fingerprint density at radius 3 is 2.45 bits per heavy atom. The van der Waals surface area contributed by atoms with Gasteiger partial charge in [-0.05, 0) is 23.9 Å². The molecule has 7 heteroatoms. The number of fused-ring (bicyclic) bond motifs is 4. The van der Waals surface area contributed by atoms with E-state index in [0.717, 1.165) is 70.1 Å². The van der Waals surface area contributed by atoms with E-state index in [1.54, 1.807) is 7.11 Å². The number of halogens is 1. The molecule has 0 aliphatic carbocycles. The van der Waals surface area contributed by atoms with E-state index < -0.39 is 0 Å². The van der Waals surface area contributed by atoms with Gasteiger partial charge in [0.2, 0.25) is 0 Å². The SMILES string of the molecule is COc1nc2c(c(N3CC4CC[C@H](C3)[N+]4(C)C)n1)CCN(c1cccc3cccc(Cl)c13)C2. The second kappa shape index (κ2) is 7.74. The van der Waals surface area contributed by atoms with E-state index in [9.17, 15) is 0 Å². The lowest BCUT2D eigenvalue weighted by atomic mass is 10.0. The summed E-state index contributed by atoms with van der Waals surface area (Å²) in [5.41, 5.74) is 3.52. The molecular weight excluding hydrogens is 434 g/mol. The van der Waals surface area contributed by atoms with Gasteiger partial charge in [0.25, 0.3) is 0 Å². The molecule has 2 aromatic carbocycles. The maximum Gasteiger partial charge on any atom is 0.318 e. The molecule has 0 saturated carbocycles. The molecule has 0 radical (unpaired) electrons. The number of ether oxygens (including phenoxy) is 1. The first-order valence-corrected chi connectivity index (χ1v) is 12.3. The Morgan fingerprint density at radius 2 is 1.73 bits per heavy atom. The predicted octanol–water partition coefficient (Wildman–Crippen LogP) is 4.28. The van der Waals surface area contributed by atoms with Gasteiger partial charge < -0.3 is 19.0 Å². The number of piperazine rings is 1. The average molecular weight is 465 g/mol. The Kier molecular flexibility index (Phi) is 4.93. The maximum atomic E-state index is 6.63. The van der Waals surface area contributed by atoms with Crippen molar-refractivity contribution in [1.82, 2.24) is 9.97 Å². The third kappa shape index (κ3) is 3.34. The monoisotopic (exact) mass is 464 g/mol. The van der Waals surface area contributed by atoms with Crippen LogP contribution in [0.2, 0.25) is 5.02 Å². The zero-order chi connectivity index (χ0) is 22.7. The summed E-state index contributed by atoms with van der Waals surface area (Å²) in [6, 6.07) is 14.3. The van der Waals surface area contributed by atoms with Crippen LogP contribution in [0.15, 0.2) is 36.4 Å². The number of quaternary nitrogens is 1. The summed E-state index contributed by atoms with van der Waals surface area (Å²) >= 11 is 6.63. The van der Waals surface area contributed by atoms with Gasteiger partial charge in [-0.25, -0.2) is 0 Å². The van der Waals surface area contributed by atoms with E-state index in [1.165, 1.54) is 18.4 Å². The van der Waals surface area contributed by atoms with Gasteiger partial charge in [-0.15, -0.1) is 0 Å². The van der Waals surface area contributed by atoms with E-state index in [0.29, 0.717) is 18.1 Å². The molecule has 6 nitrogen and oxygen atoms in total. The van der Waals surface area contributed by atoms with Gasteiger partial charge in [0.1, 0.15) is 17.9 Å². The Bertz CT molecular complexity index is 1210. The third-order valence-electron chi connectivity index (χ3n) is 8.26. The lowest BCUT2D eigenvalue weighted by Crippen LogP contribution is -2.62. The van der Waals surface area contributed by atoms with Crippen LogP contribution in [0.4, 0.5) is 11.5 Å². The zero-order valence-corrected chi connectivity index (χ0v) is 20.3. The van der Waals surface area contributed by atoms with Crippen LogP contribution in [0.3, 0.4) is 0 Å². The summed E-state index contributed by atoms with van der Waals surface area (Å²) in [5, 5.41) is 3.06. The van der Waals surface area contributed by atoms with Crippen molar-refractivity contribution in [3.63, 3.8) is 0 Å². The van der Waals surface area contributed by atoms with Gasteiger partial charge in [0.15, 0.2) is 0 Å². The molecule has 1 unspecified atom stereocenters. The van der Waals surface area contributed by atoms with Gasteiger partial charge in [0, 0.05) is 36.0 Å². The summed E-state index contributed by atoms with van der Waals surface area (Å²) in [7, 11) is 6.45. The maximum absolute atomic E-state index is 6.63. The molecule has 3 aliphatic heterocycles. The fraction of sp³-hybridized carbons (Fsp3) is 0.462. The quantitative estimate of drug-likeness (QED) is 0.541. The van der Waals surface area contributed by atoms with Crippen LogP contribution in [0.25, 0.3) is 10.8 Å². The third-order valence-corrected chi connectivity index (χ3v) is 8.57. The molecule has 172 valence electrons. The number of nitrogens with zero attached hydrogens (tertiary/aromatic N) is 5. The number of benzene rings is 2. The molecule has 3 aromatic rings. The fourth-order valence-corrected chi connectivity index (χ4v) is 6.47. The van der Waals surface area contributed by atoms with E-state index in [2.05, 4.69) is 48.2 Å². The lowest BCUT2D eigenvalue weighted by Gasteiger charge is -2.46. The Balaban J connectivity index is 1.37. The van der Waals surface area contributed by atoms with Crippen molar-refractivity contribution < 1.29 is 9.22 Å². The van der Waals surface area contributed by atoms with E-state index in [-0.39, 0.29) is 0 Å². The van der Waals surface area contributed by atoms with Gasteiger partial charge >= 0.3 is 6.01 Å². The van der Waals surface area contributed by atoms with Crippen LogP contribution in [-0.2, 0) is 13.0 Å². The molecule has 2 saturated heterocycles.